The molecule has 0 atom stereocenters. The van der Waals surface area contributed by atoms with Crippen molar-refractivity contribution in [3.05, 3.63) is 275 Å². The maximum atomic E-state index is 2.52. The van der Waals surface area contributed by atoms with Gasteiger partial charge in [-0.1, -0.05) is 232 Å². The van der Waals surface area contributed by atoms with Crippen LogP contribution in [0.3, 0.4) is 0 Å². The van der Waals surface area contributed by atoms with Gasteiger partial charge in [-0.3, -0.25) is 0 Å². The largest absolute Gasteiger partial charge is 0.0714 e. The predicted molar refractivity (Wildman–Crippen MR) is 252 cm³/mol. The van der Waals surface area contributed by atoms with E-state index in [1.54, 1.807) is 0 Å². The quantitative estimate of drug-likeness (QED) is 0.142. The van der Waals surface area contributed by atoms with Gasteiger partial charge in [-0.25, -0.2) is 0 Å². The molecule has 0 fully saturated rings. The van der Waals surface area contributed by atoms with E-state index in [1.807, 2.05) is 0 Å². The van der Waals surface area contributed by atoms with Crippen LogP contribution in [0.2, 0.25) is 0 Å². The van der Waals surface area contributed by atoms with Crippen molar-refractivity contribution < 1.29 is 0 Å². The SMILES string of the molecule is CC1(C)c2ccccc2-c2ccc(C=C(c3ccc4c(c3)C(c3ccccc3)(c3ccccc3)c3cccc(-c5ccccc5)c3-4)c3ccccc3-c3ccccc3)cc21. The third kappa shape index (κ3) is 5.52. The van der Waals surface area contributed by atoms with Gasteiger partial charge in [0.1, 0.15) is 0 Å². The predicted octanol–water partition coefficient (Wildman–Crippen LogP) is 15.3. The number of benzene rings is 9. The van der Waals surface area contributed by atoms with E-state index in [0.717, 1.165) is 0 Å². The van der Waals surface area contributed by atoms with E-state index >= 15 is 0 Å². The fourth-order valence-corrected chi connectivity index (χ4v) is 10.4. The second kappa shape index (κ2) is 14.2. The average molecular weight is 765 g/mol. The Morgan fingerprint density at radius 1 is 0.367 bits per heavy atom. The van der Waals surface area contributed by atoms with Gasteiger partial charge in [0.2, 0.25) is 0 Å². The molecule has 0 N–H and O–H groups in total. The van der Waals surface area contributed by atoms with Crippen LogP contribution in [-0.2, 0) is 10.8 Å². The highest BCUT2D eigenvalue weighted by molar-refractivity contribution is 6.01. The Morgan fingerprint density at radius 3 is 1.57 bits per heavy atom. The molecule has 284 valence electrons. The maximum Gasteiger partial charge on any atom is 0.0714 e. The molecule has 0 nitrogen and oxygen atoms in total. The van der Waals surface area contributed by atoms with Crippen molar-refractivity contribution in [1.82, 2.24) is 0 Å². The highest BCUT2D eigenvalue weighted by Crippen LogP contribution is 2.59. The Bertz CT molecular complexity index is 3040. The number of hydrogen-bond donors (Lipinski definition) is 0. The molecule has 0 bridgehead atoms. The first kappa shape index (κ1) is 35.8. The van der Waals surface area contributed by atoms with Gasteiger partial charge in [0.25, 0.3) is 0 Å². The lowest BCUT2D eigenvalue weighted by Crippen LogP contribution is -2.28. The van der Waals surface area contributed by atoms with E-state index in [-0.39, 0.29) is 5.41 Å². The molecule has 0 saturated carbocycles. The molecule has 60 heavy (non-hydrogen) atoms. The molecule has 0 heterocycles. The molecule has 2 aliphatic rings. The lowest BCUT2D eigenvalue weighted by atomic mass is 9.67. The molecule has 9 aromatic carbocycles. The highest BCUT2D eigenvalue weighted by Gasteiger charge is 2.47. The minimum atomic E-state index is -0.554. The van der Waals surface area contributed by atoms with Crippen LogP contribution >= 0.6 is 0 Å². The summed E-state index contributed by atoms with van der Waals surface area (Å²) < 4.78 is 0. The second-order valence-electron chi connectivity index (χ2n) is 16.8. The molecule has 0 unspecified atom stereocenters. The third-order valence-electron chi connectivity index (χ3n) is 13.2. The van der Waals surface area contributed by atoms with Crippen molar-refractivity contribution >= 4 is 11.6 Å². The van der Waals surface area contributed by atoms with E-state index in [1.165, 1.54) is 100 Å². The van der Waals surface area contributed by atoms with E-state index in [4.69, 9.17) is 0 Å². The Morgan fingerprint density at radius 2 is 0.883 bits per heavy atom. The molecule has 0 amide bonds. The zero-order chi connectivity index (χ0) is 40.3. The van der Waals surface area contributed by atoms with Crippen LogP contribution in [0.15, 0.2) is 224 Å². The Labute approximate surface area is 353 Å². The van der Waals surface area contributed by atoms with Crippen LogP contribution in [0.1, 0.15) is 63.9 Å². The summed E-state index contributed by atoms with van der Waals surface area (Å²) in [4.78, 5) is 0. The summed E-state index contributed by atoms with van der Waals surface area (Å²) in [7, 11) is 0. The van der Waals surface area contributed by atoms with Gasteiger partial charge < -0.3 is 0 Å². The molecule has 0 aliphatic heterocycles. The Hall–Kier alpha value is -7.28. The van der Waals surface area contributed by atoms with Crippen molar-refractivity contribution in [3.8, 4) is 44.5 Å². The lowest BCUT2D eigenvalue weighted by Gasteiger charge is -2.34. The number of rotatable bonds is 7. The highest BCUT2D eigenvalue weighted by atomic mass is 14.5. The molecule has 0 heteroatoms. The average Bonchev–Trinajstić information content (AvgIpc) is 3.74. The summed E-state index contributed by atoms with van der Waals surface area (Å²) in [5.74, 6) is 0. The van der Waals surface area contributed by atoms with Crippen LogP contribution in [0.4, 0.5) is 0 Å². The first-order valence-electron chi connectivity index (χ1n) is 21.1. The lowest BCUT2D eigenvalue weighted by molar-refractivity contribution is 0.660. The van der Waals surface area contributed by atoms with Crippen molar-refractivity contribution in [2.24, 2.45) is 0 Å². The minimum Gasteiger partial charge on any atom is -0.0622 e. The molecular formula is C60H44. The minimum absolute atomic E-state index is 0.0985. The van der Waals surface area contributed by atoms with E-state index in [2.05, 4.69) is 244 Å². The summed E-state index contributed by atoms with van der Waals surface area (Å²) >= 11 is 0. The van der Waals surface area contributed by atoms with Gasteiger partial charge in [-0.2, -0.15) is 0 Å². The van der Waals surface area contributed by atoms with Gasteiger partial charge in [-0.05, 0) is 112 Å². The molecule has 9 aromatic rings. The van der Waals surface area contributed by atoms with Gasteiger partial charge >= 0.3 is 0 Å². The molecule has 0 radical (unpaired) electrons. The van der Waals surface area contributed by atoms with Gasteiger partial charge in [-0.15, -0.1) is 0 Å². The van der Waals surface area contributed by atoms with Crippen molar-refractivity contribution in [1.29, 1.82) is 0 Å². The molecule has 0 saturated heterocycles. The molecule has 0 aromatic heterocycles. The first-order chi connectivity index (χ1) is 29.5. The third-order valence-corrected chi connectivity index (χ3v) is 13.2. The van der Waals surface area contributed by atoms with Gasteiger partial charge in [0.15, 0.2) is 0 Å². The van der Waals surface area contributed by atoms with E-state index in [9.17, 15) is 0 Å². The smallest absolute Gasteiger partial charge is 0.0622 e. The fraction of sp³-hybridized carbons (Fsp3) is 0.0667. The van der Waals surface area contributed by atoms with Gasteiger partial charge in [0, 0.05) is 5.41 Å². The summed E-state index contributed by atoms with van der Waals surface area (Å²) in [6.07, 6.45) is 2.44. The monoisotopic (exact) mass is 764 g/mol. The fourth-order valence-electron chi connectivity index (χ4n) is 10.4. The zero-order valence-electron chi connectivity index (χ0n) is 33.9. The van der Waals surface area contributed by atoms with Gasteiger partial charge in [0.05, 0.1) is 5.41 Å². The topological polar surface area (TPSA) is 0 Å². The Kier molecular flexibility index (Phi) is 8.50. The van der Waals surface area contributed by atoms with Crippen molar-refractivity contribution in [3.63, 3.8) is 0 Å². The van der Waals surface area contributed by atoms with E-state index in [0.29, 0.717) is 0 Å². The zero-order valence-corrected chi connectivity index (χ0v) is 33.9. The second-order valence-corrected chi connectivity index (χ2v) is 16.8. The summed E-state index contributed by atoms with van der Waals surface area (Å²) in [5.41, 5.74) is 22.2. The normalized spacial score (nSPS) is 14.2. The van der Waals surface area contributed by atoms with Crippen LogP contribution in [0.25, 0.3) is 56.2 Å². The van der Waals surface area contributed by atoms with Crippen LogP contribution in [0.5, 0.6) is 0 Å². The van der Waals surface area contributed by atoms with E-state index < -0.39 is 5.41 Å². The molecule has 2 aliphatic carbocycles. The van der Waals surface area contributed by atoms with Crippen molar-refractivity contribution in [2.75, 3.05) is 0 Å². The number of fused-ring (bicyclic) bond motifs is 6. The first-order valence-corrected chi connectivity index (χ1v) is 21.1. The summed E-state index contributed by atoms with van der Waals surface area (Å²) in [5, 5.41) is 0. The molecule has 11 rings (SSSR count). The standard InChI is InChI=1S/C60H44/c1-59(2)54-32-18-17-30-50(54)51-36-34-41(39-56(51)59)38-53(49-29-16-15-28-47(49)42-20-7-3-8-21-42)44-35-37-52-57(40-44)60(45-24-11-5-12-25-45,46-26-13-6-14-27-46)55-33-19-31-48(58(52)55)43-22-9-4-10-23-43/h3-40H,1-2H3. The number of hydrogen-bond acceptors (Lipinski definition) is 0. The maximum absolute atomic E-state index is 2.52. The van der Waals surface area contributed by atoms with Crippen LogP contribution < -0.4 is 0 Å². The van der Waals surface area contributed by atoms with Crippen LogP contribution in [0, 0.1) is 0 Å². The van der Waals surface area contributed by atoms with Crippen molar-refractivity contribution in [2.45, 2.75) is 24.7 Å². The molecular weight excluding hydrogens is 721 g/mol. The summed E-state index contributed by atoms with van der Waals surface area (Å²) in [6, 6.07) is 83.2. The molecule has 0 spiro atoms. The van der Waals surface area contributed by atoms with Crippen LogP contribution in [-0.4, -0.2) is 0 Å². The Balaban J connectivity index is 1.20. The summed E-state index contributed by atoms with van der Waals surface area (Å²) in [6.45, 7) is 4.73.